The van der Waals surface area contributed by atoms with E-state index in [-0.39, 0.29) is 12.5 Å². The fourth-order valence-corrected chi connectivity index (χ4v) is 1.47. The molecule has 0 aromatic rings. The second-order valence-corrected chi connectivity index (χ2v) is 5.98. The van der Waals surface area contributed by atoms with Crippen molar-refractivity contribution in [1.29, 1.82) is 0 Å². The van der Waals surface area contributed by atoms with Crippen LogP contribution in [0.2, 0.25) is 0 Å². The lowest BCUT2D eigenvalue weighted by molar-refractivity contribution is -0.143. The van der Waals surface area contributed by atoms with E-state index in [1.807, 2.05) is 0 Å². The summed E-state index contributed by atoms with van der Waals surface area (Å²) in [5.41, 5.74) is -0.510. The van der Waals surface area contributed by atoms with E-state index in [1.54, 1.807) is 20.8 Å². The van der Waals surface area contributed by atoms with Crippen LogP contribution >= 0.6 is 0 Å². The molecule has 3 N–H and O–H groups in total. The van der Waals surface area contributed by atoms with Crippen LogP contribution in [0, 0.1) is 0 Å². The second kappa shape index (κ2) is 12.5. The van der Waals surface area contributed by atoms with E-state index < -0.39 is 24.3 Å². The lowest BCUT2D eigenvalue weighted by Crippen LogP contribution is -2.33. The third-order valence-corrected chi connectivity index (χ3v) is 2.38. The van der Waals surface area contributed by atoms with Gasteiger partial charge in [-0.2, -0.15) is 0 Å². The zero-order chi connectivity index (χ0) is 18.4. The van der Waals surface area contributed by atoms with Gasteiger partial charge in [-0.25, -0.2) is 9.59 Å². The summed E-state index contributed by atoms with van der Waals surface area (Å²) >= 11 is 0. The van der Waals surface area contributed by atoms with Crippen LogP contribution in [-0.2, 0) is 23.8 Å². The minimum Gasteiger partial charge on any atom is -0.480 e. The average molecular weight is 348 g/mol. The molecular formula is C15H28N2O7. The van der Waals surface area contributed by atoms with Gasteiger partial charge in [0.05, 0.1) is 0 Å². The summed E-state index contributed by atoms with van der Waals surface area (Å²) < 4.78 is 15.1. The van der Waals surface area contributed by atoms with Gasteiger partial charge in [-0.15, -0.1) is 0 Å². The van der Waals surface area contributed by atoms with Crippen LogP contribution in [0.3, 0.4) is 0 Å². The quantitative estimate of drug-likeness (QED) is 0.439. The molecule has 0 bridgehead atoms. The molecule has 0 radical (unpaired) electrons. The Balaban J connectivity index is 3.35. The van der Waals surface area contributed by atoms with Gasteiger partial charge in [0.15, 0.2) is 0 Å². The normalized spacial score (nSPS) is 11.0. The topological polar surface area (TPSA) is 123 Å². The van der Waals surface area contributed by atoms with Crippen molar-refractivity contribution in [2.75, 3.05) is 39.5 Å². The van der Waals surface area contributed by atoms with E-state index >= 15 is 0 Å². The highest BCUT2D eigenvalue weighted by atomic mass is 16.6. The van der Waals surface area contributed by atoms with E-state index in [1.165, 1.54) is 0 Å². The molecule has 0 aromatic heterocycles. The second-order valence-electron chi connectivity index (χ2n) is 5.98. The highest BCUT2D eigenvalue weighted by Gasteiger charge is 2.15. The molecule has 0 aliphatic heterocycles. The Kier molecular flexibility index (Phi) is 11.6. The highest BCUT2D eigenvalue weighted by molar-refractivity contribution is 5.77. The molecule has 2 amide bonds. The number of alkyl carbamates (subject to hydrolysis) is 1. The summed E-state index contributed by atoms with van der Waals surface area (Å²) in [4.78, 5) is 32.8. The zero-order valence-corrected chi connectivity index (χ0v) is 14.6. The van der Waals surface area contributed by atoms with Crippen LogP contribution in [0.1, 0.15) is 33.6 Å². The molecule has 9 nitrogen and oxygen atoms in total. The number of hydrogen-bond donors (Lipinski definition) is 3. The smallest absolute Gasteiger partial charge is 0.407 e. The van der Waals surface area contributed by atoms with Crippen molar-refractivity contribution in [2.24, 2.45) is 0 Å². The summed E-state index contributed by atoms with van der Waals surface area (Å²) in [6, 6.07) is 0. The summed E-state index contributed by atoms with van der Waals surface area (Å²) in [6.07, 6.45) is 0.842. The maximum atomic E-state index is 11.4. The lowest BCUT2D eigenvalue weighted by Gasteiger charge is -2.19. The minimum absolute atomic E-state index is 0.274. The van der Waals surface area contributed by atoms with E-state index in [4.69, 9.17) is 14.6 Å². The first-order valence-electron chi connectivity index (χ1n) is 7.81. The van der Waals surface area contributed by atoms with E-state index in [2.05, 4.69) is 15.4 Å². The molecule has 24 heavy (non-hydrogen) atoms. The molecule has 0 rings (SSSR count). The molecule has 0 aliphatic rings. The third-order valence-electron chi connectivity index (χ3n) is 2.38. The Morgan fingerprint density at radius 1 is 0.917 bits per heavy atom. The number of nitrogens with one attached hydrogen (secondary N) is 2. The van der Waals surface area contributed by atoms with Gasteiger partial charge in [0.25, 0.3) is 0 Å². The van der Waals surface area contributed by atoms with Crippen LogP contribution in [0.25, 0.3) is 0 Å². The molecule has 140 valence electrons. The van der Waals surface area contributed by atoms with Gasteiger partial charge in [-0.05, 0) is 33.6 Å². The Morgan fingerprint density at radius 2 is 1.50 bits per heavy atom. The van der Waals surface area contributed by atoms with Crippen LogP contribution in [0.4, 0.5) is 4.79 Å². The maximum absolute atomic E-state index is 11.4. The van der Waals surface area contributed by atoms with Crippen molar-refractivity contribution in [3.63, 3.8) is 0 Å². The number of amides is 2. The Morgan fingerprint density at radius 3 is 2.04 bits per heavy atom. The monoisotopic (exact) mass is 348 g/mol. The molecule has 0 aliphatic carbocycles. The molecule has 0 spiro atoms. The average Bonchev–Trinajstić information content (AvgIpc) is 2.43. The van der Waals surface area contributed by atoms with Crippen LogP contribution < -0.4 is 10.6 Å². The van der Waals surface area contributed by atoms with Crippen LogP contribution in [-0.4, -0.2) is 68.2 Å². The van der Waals surface area contributed by atoms with Crippen molar-refractivity contribution in [3.05, 3.63) is 0 Å². The molecule has 0 fully saturated rings. The maximum Gasteiger partial charge on any atom is 0.407 e. The summed E-state index contributed by atoms with van der Waals surface area (Å²) in [6.45, 7) is 6.48. The first-order valence-corrected chi connectivity index (χ1v) is 7.81. The van der Waals surface area contributed by atoms with Gasteiger partial charge in [-0.3, -0.25) is 4.79 Å². The first-order chi connectivity index (χ1) is 11.2. The fourth-order valence-electron chi connectivity index (χ4n) is 1.47. The summed E-state index contributed by atoms with van der Waals surface area (Å²) in [7, 11) is 0. The van der Waals surface area contributed by atoms with Crippen molar-refractivity contribution in [2.45, 2.75) is 39.2 Å². The van der Waals surface area contributed by atoms with Gasteiger partial charge in [0.2, 0.25) is 5.91 Å². The number of hydrogen-bond acceptors (Lipinski definition) is 6. The van der Waals surface area contributed by atoms with Crippen LogP contribution in [0.15, 0.2) is 0 Å². The van der Waals surface area contributed by atoms with E-state index in [0.29, 0.717) is 39.1 Å². The van der Waals surface area contributed by atoms with Gasteiger partial charge in [-0.1, -0.05) is 0 Å². The predicted octanol–water partition coefficient (Wildman–Crippen LogP) is 0.525. The molecule has 0 unspecified atom stereocenters. The van der Waals surface area contributed by atoms with Crippen LogP contribution in [0.5, 0.6) is 0 Å². The van der Waals surface area contributed by atoms with E-state index in [0.717, 1.165) is 0 Å². The molecule has 0 saturated carbocycles. The molecular weight excluding hydrogens is 320 g/mol. The van der Waals surface area contributed by atoms with Crippen molar-refractivity contribution >= 4 is 18.0 Å². The van der Waals surface area contributed by atoms with Gasteiger partial charge in [0, 0.05) is 26.3 Å². The number of carbonyl (C=O) groups excluding carboxylic acids is 2. The van der Waals surface area contributed by atoms with Gasteiger partial charge < -0.3 is 30.0 Å². The van der Waals surface area contributed by atoms with Gasteiger partial charge >= 0.3 is 12.1 Å². The van der Waals surface area contributed by atoms with Crippen molar-refractivity contribution in [1.82, 2.24) is 10.6 Å². The Labute approximate surface area is 142 Å². The summed E-state index contributed by atoms with van der Waals surface area (Å²) in [5, 5.41) is 13.6. The Hall–Kier alpha value is -1.87. The lowest BCUT2D eigenvalue weighted by atomic mass is 10.2. The number of aliphatic carboxylic acids is 1. The molecule has 0 atom stereocenters. The van der Waals surface area contributed by atoms with Crippen molar-refractivity contribution < 1.29 is 33.7 Å². The standard InChI is InChI=1S/C15H28N2O7/c1-15(2,3)24-14(21)17-7-5-9-22-8-4-6-16-12(18)10-23-11-13(19)20/h4-11H2,1-3H3,(H,16,18)(H,17,21)(H,19,20). The molecule has 0 heterocycles. The largest absolute Gasteiger partial charge is 0.480 e. The first kappa shape index (κ1) is 22.1. The predicted molar refractivity (Wildman–Crippen MR) is 85.8 cm³/mol. The highest BCUT2D eigenvalue weighted by Crippen LogP contribution is 2.06. The summed E-state index contributed by atoms with van der Waals surface area (Å²) in [5.74, 6) is -1.48. The molecule has 9 heteroatoms. The number of carboxylic acids is 1. The number of rotatable bonds is 12. The SMILES string of the molecule is CC(C)(C)OC(=O)NCCCOCCCNC(=O)COCC(=O)O. The third kappa shape index (κ3) is 16.5. The number of carbonyl (C=O) groups is 3. The fraction of sp³-hybridized carbons (Fsp3) is 0.800. The van der Waals surface area contributed by atoms with Gasteiger partial charge in [0.1, 0.15) is 18.8 Å². The van der Waals surface area contributed by atoms with Crippen molar-refractivity contribution in [3.8, 4) is 0 Å². The Bertz CT molecular complexity index is 394. The number of ether oxygens (including phenoxy) is 3. The van der Waals surface area contributed by atoms with E-state index in [9.17, 15) is 14.4 Å². The molecule has 0 saturated heterocycles. The minimum atomic E-state index is -1.11. The number of carboxylic acid groups (broad SMARTS) is 1. The molecule has 0 aromatic carbocycles. The zero-order valence-electron chi connectivity index (χ0n) is 14.6.